The highest BCUT2D eigenvalue weighted by atomic mass is 19.2. The number of nitrogens with two attached hydrogens (primary N) is 1. The van der Waals surface area contributed by atoms with Crippen LogP contribution >= 0.6 is 0 Å². The fraction of sp³-hybridized carbons (Fsp3) is 0.412. The predicted octanol–water partition coefficient (Wildman–Crippen LogP) is 1.91. The van der Waals surface area contributed by atoms with Crippen LogP contribution in [0.5, 0.6) is 0 Å². The van der Waals surface area contributed by atoms with Gasteiger partial charge < -0.3 is 15.7 Å². The van der Waals surface area contributed by atoms with Crippen LogP contribution in [0.15, 0.2) is 23.1 Å². The number of fused-ring (bicyclic) bond motifs is 1. The van der Waals surface area contributed by atoms with Crippen molar-refractivity contribution in [3.05, 3.63) is 39.7 Å². The second kappa shape index (κ2) is 5.90. The van der Waals surface area contributed by atoms with Crippen LogP contribution in [0.4, 0.5) is 10.2 Å². The van der Waals surface area contributed by atoms with E-state index in [0.717, 1.165) is 31.4 Å². The highest BCUT2D eigenvalue weighted by Gasteiger charge is 2.25. The van der Waals surface area contributed by atoms with E-state index in [1.165, 1.54) is 6.07 Å². The molecule has 3 rings (SSSR count). The topological polar surface area (TPSA) is 88.6 Å². The standard InChI is InChI=1S/C17H20FN3O3/c1-9-7-20(6-5-13(9)19)14-4-3-11-15(10(14)2)21(18)8-12(16(11)22)17(23)24/h3-4,8-9,13H,5-7,19H2,1-2H3,(H,23,24). The van der Waals surface area contributed by atoms with Crippen LogP contribution in [-0.4, -0.2) is 35.0 Å². The fourth-order valence-corrected chi connectivity index (χ4v) is 3.41. The van der Waals surface area contributed by atoms with Crippen LogP contribution in [0.2, 0.25) is 0 Å². The second-order valence-electron chi connectivity index (χ2n) is 6.47. The third-order valence-corrected chi connectivity index (χ3v) is 4.89. The summed E-state index contributed by atoms with van der Waals surface area (Å²) in [6.07, 6.45) is 1.58. The summed E-state index contributed by atoms with van der Waals surface area (Å²) in [5.74, 6) is -1.12. The minimum absolute atomic E-state index is 0.0698. The third kappa shape index (κ3) is 2.54. The van der Waals surface area contributed by atoms with Gasteiger partial charge in [-0.25, -0.2) is 4.79 Å². The fourth-order valence-electron chi connectivity index (χ4n) is 3.41. The first-order valence-electron chi connectivity index (χ1n) is 7.90. The van der Waals surface area contributed by atoms with Crippen LogP contribution in [0.1, 0.15) is 29.3 Å². The molecule has 0 radical (unpaired) electrons. The molecule has 2 atom stereocenters. The Hall–Kier alpha value is -2.41. The van der Waals surface area contributed by atoms with Gasteiger partial charge in [0.25, 0.3) is 0 Å². The third-order valence-electron chi connectivity index (χ3n) is 4.89. The SMILES string of the molecule is Cc1c(N2CCC(N)C(C)C2)ccc2c(=O)c(C(=O)O)cn(F)c12. The van der Waals surface area contributed by atoms with E-state index in [0.29, 0.717) is 11.5 Å². The number of pyridine rings is 1. The van der Waals surface area contributed by atoms with Crippen molar-refractivity contribution in [2.75, 3.05) is 18.0 Å². The summed E-state index contributed by atoms with van der Waals surface area (Å²) in [7, 11) is 0. The Bertz CT molecular complexity index is 877. The number of rotatable bonds is 2. The molecule has 0 aliphatic carbocycles. The zero-order valence-corrected chi connectivity index (χ0v) is 13.6. The van der Waals surface area contributed by atoms with Crippen LogP contribution in [0.25, 0.3) is 10.9 Å². The lowest BCUT2D eigenvalue weighted by Crippen LogP contribution is -2.46. The summed E-state index contributed by atoms with van der Waals surface area (Å²) >= 11 is 0. The Labute approximate surface area is 138 Å². The van der Waals surface area contributed by atoms with E-state index in [1.807, 2.05) is 0 Å². The molecule has 2 unspecified atom stereocenters. The quantitative estimate of drug-likeness (QED) is 0.876. The van der Waals surface area contributed by atoms with E-state index in [9.17, 15) is 14.1 Å². The number of carbonyl (C=O) groups is 1. The molecule has 1 saturated heterocycles. The zero-order valence-electron chi connectivity index (χ0n) is 13.6. The van der Waals surface area contributed by atoms with Gasteiger partial charge in [0.1, 0.15) is 5.56 Å². The molecule has 1 fully saturated rings. The Kier molecular flexibility index (Phi) is 4.04. The summed E-state index contributed by atoms with van der Waals surface area (Å²) < 4.78 is 14.4. The lowest BCUT2D eigenvalue weighted by molar-refractivity contribution is 0.0693. The molecule has 3 N–H and O–H groups in total. The lowest BCUT2D eigenvalue weighted by Gasteiger charge is -2.37. The Morgan fingerprint density at radius 2 is 2.12 bits per heavy atom. The molecule has 0 saturated carbocycles. The van der Waals surface area contributed by atoms with Gasteiger partial charge in [-0.3, -0.25) is 4.79 Å². The largest absolute Gasteiger partial charge is 0.477 e. The first-order valence-corrected chi connectivity index (χ1v) is 7.90. The number of aromatic carboxylic acids is 1. The van der Waals surface area contributed by atoms with E-state index in [4.69, 9.17) is 10.8 Å². The minimum Gasteiger partial charge on any atom is -0.477 e. The molecule has 7 heteroatoms. The minimum atomic E-state index is -1.44. The van der Waals surface area contributed by atoms with E-state index < -0.39 is 17.0 Å². The van der Waals surface area contributed by atoms with Crippen molar-refractivity contribution in [3.63, 3.8) is 0 Å². The molecule has 1 aliphatic rings. The van der Waals surface area contributed by atoms with Crippen LogP contribution < -0.4 is 16.1 Å². The highest BCUT2D eigenvalue weighted by molar-refractivity contribution is 5.94. The zero-order chi connectivity index (χ0) is 17.6. The van der Waals surface area contributed by atoms with E-state index in [-0.39, 0.29) is 21.7 Å². The Balaban J connectivity index is 2.15. The maximum absolute atomic E-state index is 14.4. The molecule has 2 aromatic rings. The summed E-state index contributed by atoms with van der Waals surface area (Å²) in [6, 6.07) is 3.41. The summed E-state index contributed by atoms with van der Waals surface area (Å²) in [5.41, 5.74) is 6.38. The number of aromatic nitrogens is 1. The lowest BCUT2D eigenvalue weighted by atomic mass is 9.93. The number of halogens is 1. The second-order valence-corrected chi connectivity index (χ2v) is 6.47. The molecule has 6 nitrogen and oxygen atoms in total. The molecule has 0 bridgehead atoms. The van der Waals surface area contributed by atoms with Crippen molar-refractivity contribution >= 4 is 22.6 Å². The Morgan fingerprint density at radius 1 is 1.42 bits per heavy atom. The molecular formula is C17H20FN3O3. The maximum atomic E-state index is 14.4. The number of aryl methyl sites for hydroxylation is 1. The summed E-state index contributed by atoms with van der Waals surface area (Å²) in [4.78, 5) is 25.7. The van der Waals surface area contributed by atoms with Gasteiger partial charge in [0, 0.05) is 30.2 Å². The maximum Gasteiger partial charge on any atom is 0.341 e. The molecule has 128 valence electrons. The Morgan fingerprint density at radius 3 is 2.75 bits per heavy atom. The first-order chi connectivity index (χ1) is 11.3. The number of piperidine rings is 1. The van der Waals surface area contributed by atoms with Gasteiger partial charge in [-0.15, -0.1) is 0 Å². The molecule has 0 amide bonds. The van der Waals surface area contributed by atoms with Crippen molar-refractivity contribution in [2.24, 2.45) is 11.7 Å². The van der Waals surface area contributed by atoms with E-state index in [2.05, 4.69) is 11.8 Å². The van der Waals surface area contributed by atoms with Crippen LogP contribution in [-0.2, 0) is 0 Å². The summed E-state index contributed by atoms with van der Waals surface area (Å²) in [5, 5.41) is 9.10. The van der Waals surface area contributed by atoms with Crippen LogP contribution in [0.3, 0.4) is 0 Å². The van der Waals surface area contributed by atoms with E-state index in [1.54, 1.807) is 13.0 Å². The molecule has 1 aromatic heterocycles. The smallest absolute Gasteiger partial charge is 0.341 e. The first kappa shape index (κ1) is 16.4. The van der Waals surface area contributed by atoms with Crippen molar-refractivity contribution in [1.82, 2.24) is 4.79 Å². The van der Waals surface area contributed by atoms with E-state index >= 15 is 0 Å². The molecule has 1 aliphatic heterocycles. The number of nitrogens with zero attached hydrogens (tertiary/aromatic N) is 2. The van der Waals surface area contributed by atoms with Gasteiger partial charge in [-0.1, -0.05) is 11.4 Å². The van der Waals surface area contributed by atoms with Gasteiger partial charge in [0.2, 0.25) is 5.43 Å². The molecule has 0 spiro atoms. The number of benzene rings is 1. The predicted molar refractivity (Wildman–Crippen MR) is 90.4 cm³/mol. The van der Waals surface area contributed by atoms with Gasteiger partial charge in [-0.05, 0) is 37.0 Å². The number of hydrogen-bond acceptors (Lipinski definition) is 4. The number of carboxylic acid groups (broad SMARTS) is 1. The summed E-state index contributed by atoms with van der Waals surface area (Å²) in [6.45, 7) is 5.35. The molecule has 2 heterocycles. The highest BCUT2D eigenvalue weighted by Crippen LogP contribution is 2.30. The van der Waals surface area contributed by atoms with Crippen LogP contribution in [0, 0.1) is 12.8 Å². The number of hydrogen-bond donors (Lipinski definition) is 2. The average Bonchev–Trinajstić information content (AvgIpc) is 2.53. The van der Waals surface area contributed by atoms with Crippen molar-refractivity contribution in [1.29, 1.82) is 0 Å². The van der Waals surface area contributed by atoms with Crippen molar-refractivity contribution in [2.45, 2.75) is 26.3 Å². The molecule has 24 heavy (non-hydrogen) atoms. The normalized spacial score (nSPS) is 21.2. The molecular weight excluding hydrogens is 313 g/mol. The van der Waals surface area contributed by atoms with Crippen molar-refractivity contribution < 1.29 is 14.4 Å². The van der Waals surface area contributed by atoms with Gasteiger partial charge >= 0.3 is 5.97 Å². The monoisotopic (exact) mass is 333 g/mol. The van der Waals surface area contributed by atoms with Gasteiger partial charge in [0.05, 0.1) is 11.7 Å². The van der Waals surface area contributed by atoms with Crippen molar-refractivity contribution in [3.8, 4) is 0 Å². The molecule has 1 aromatic carbocycles. The average molecular weight is 333 g/mol. The number of anilines is 1. The van der Waals surface area contributed by atoms with Gasteiger partial charge in [-0.2, -0.15) is 4.79 Å². The van der Waals surface area contributed by atoms with Gasteiger partial charge in [0.15, 0.2) is 0 Å². The number of carboxylic acids is 1.